The molecule has 0 spiro atoms. The van der Waals surface area contributed by atoms with Gasteiger partial charge in [-0.2, -0.15) is 0 Å². The smallest absolute Gasteiger partial charge is 0.000281 e. The Morgan fingerprint density at radius 2 is 1.75 bits per heavy atom. The van der Waals surface area contributed by atoms with Crippen LogP contribution in [-0.4, -0.2) is 18.4 Å². The highest BCUT2D eigenvalue weighted by molar-refractivity contribution is 9.09. The van der Waals surface area contributed by atoms with Gasteiger partial charge in [0.05, 0.1) is 0 Å². The van der Waals surface area contributed by atoms with Gasteiger partial charge in [-0.3, -0.25) is 0 Å². The Balaban J connectivity index is 0.000000145. The lowest BCUT2D eigenvalue weighted by Gasteiger charge is -1.76. The number of hydrogen-bond donors (Lipinski definition) is 1. The van der Waals surface area contributed by atoms with Gasteiger partial charge in [-0.1, -0.05) is 22.9 Å². The molecule has 0 aromatic rings. The second-order valence-corrected chi connectivity index (χ2v) is 2.85. The molecule has 1 heterocycles. The van der Waals surface area contributed by atoms with Crippen molar-refractivity contribution >= 4 is 15.9 Å². The molecule has 1 aliphatic heterocycles. The predicted molar refractivity (Wildman–Crippen MR) is 41.6 cm³/mol. The van der Waals surface area contributed by atoms with E-state index in [9.17, 15) is 0 Å². The molecular formula is C6H14BrN. The van der Waals surface area contributed by atoms with Gasteiger partial charge in [-0.15, -0.1) is 0 Å². The van der Waals surface area contributed by atoms with Gasteiger partial charge in [-0.25, -0.2) is 0 Å². The molecule has 0 amide bonds. The zero-order valence-corrected chi connectivity index (χ0v) is 7.00. The van der Waals surface area contributed by atoms with Crippen LogP contribution in [0.3, 0.4) is 0 Å². The van der Waals surface area contributed by atoms with E-state index in [0.29, 0.717) is 0 Å². The number of nitrogens with one attached hydrogen (secondary N) is 1. The first-order chi connectivity index (χ1) is 3.91. The van der Waals surface area contributed by atoms with Gasteiger partial charge in [0.2, 0.25) is 0 Å². The maximum atomic E-state index is 3.22. The Kier molecular flexibility index (Phi) is 7.85. The summed E-state index contributed by atoms with van der Waals surface area (Å²) in [5.74, 6) is 0. The Hall–Kier alpha value is 0.440. The SMILES string of the molecule is C1CCNC1.CCBr. The molecule has 1 nitrogen and oxygen atoms in total. The van der Waals surface area contributed by atoms with Crippen molar-refractivity contribution in [1.29, 1.82) is 0 Å². The van der Waals surface area contributed by atoms with Crippen molar-refractivity contribution in [2.75, 3.05) is 18.4 Å². The average Bonchev–Trinajstić information content (AvgIpc) is 2.17. The zero-order valence-electron chi connectivity index (χ0n) is 5.41. The third-order valence-electron chi connectivity index (χ3n) is 0.957. The highest BCUT2D eigenvalue weighted by atomic mass is 79.9. The fourth-order valence-electron chi connectivity index (χ4n) is 0.625. The molecular weight excluding hydrogens is 166 g/mol. The van der Waals surface area contributed by atoms with E-state index in [1.807, 2.05) is 6.92 Å². The van der Waals surface area contributed by atoms with Crippen molar-refractivity contribution in [3.05, 3.63) is 0 Å². The number of halogens is 1. The Bertz CT molecular complexity index is 27.9. The molecule has 0 saturated carbocycles. The molecule has 0 aliphatic carbocycles. The van der Waals surface area contributed by atoms with Gasteiger partial charge in [-0.05, 0) is 25.9 Å². The molecule has 0 unspecified atom stereocenters. The quantitative estimate of drug-likeness (QED) is 0.560. The maximum absolute atomic E-state index is 3.22. The third-order valence-corrected chi connectivity index (χ3v) is 0.957. The van der Waals surface area contributed by atoms with E-state index in [0.717, 1.165) is 5.33 Å². The van der Waals surface area contributed by atoms with Gasteiger partial charge in [0.1, 0.15) is 0 Å². The van der Waals surface area contributed by atoms with Crippen LogP contribution >= 0.6 is 15.9 Å². The van der Waals surface area contributed by atoms with E-state index >= 15 is 0 Å². The molecule has 0 aromatic heterocycles. The molecule has 1 fully saturated rings. The predicted octanol–water partition coefficient (Wildman–Crippen LogP) is 1.77. The van der Waals surface area contributed by atoms with Crippen LogP contribution in [0.15, 0.2) is 0 Å². The third kappa shape index (κ3) is 6.44. The molecule has 8 heavy (non-hydrogen) atoms. The minimum absolute atomic E-state index is 1.06. The van der Waals surface area contributed by atoms with Crippen molar-refractivity contribution in [3.63, 3.8) is 0 Å². The summed E-state index contributed by atoms with van der Waals surface area (Å²) in [5.41, 5.74) is 0. The fourth-order valence-corrected chi connectivity index (χ4v) is 0.625. The molecule has 1 N–H and O–H groups in total. The highest BCUT2D eigenvalue weighted by Gasteiger charge is 1.93. The lowest BCUT2D eigenvalue weighted by Crippen LogP contribution is -2.03. The van der Waals surface area contributed by atoms with Crippen molar-refractivity contribution in [2.24, 2.45) is 0 Å². The molecule has 1 rings (SSSR count). The number of alkyl halides is 1. The molecule has 50 valence electrons. The van der Waals surface area contributed by atoms with Crippen LogP contribution in [0.2, 0.25) is 0 Å². The summed E-state index contributed by atoms with van der Waals surface area (Å²) in [7, 11) is 0. The monoisotopic (exact) mass is 179 g/mol. The first-order valence-electron chi connectivity index (χ1n) is 3.18. The lowest BCUT2D eigenvalue weighted by molar-refractivity contribution is 0.857. The minimum Gasteiger partial charge on any atom is -0.317 e. The van der Waals surface area contributed by atoms with Crippen molar-refractivity contribution in [2.45, 2.75) is 19.8 Å². The first-order valence-corrected chi connectivity index (χ1v) is 4.30. The van der Waals surface area contributed by atoms with Crippen LogP contribution in [0.4, 0.5) is 0 Å². The van der Waals surface area contributed by atoms with Gasteiger partial charge < -0.3 is 5.32 Å². The van der Waals surface area contributed by atoms with Crippen molar-refractivity contribution in [1.82, 2.24) is 5.32 Å². The summed E-state index contributed by atoms with van der Waals surface area (Å²) in [5, 5.41) is 4.28. The van der Waals surface area contributed by atoms with E-state index in [1.54, 1.807) is 0 Å². The summed E-state index contributed by atoms with van der Waals surface area (Å²) in [6.45, 7) is 4.54. The standard InChI is InChI=1S/C4H9N.C2H5Br/c1-2-4-5-3-1;1-2-3/h5H,1-4H2;2H2,1H3. The fraction of sp³-hybridized carbons (Fsp3) is 1.00. The van der Waals surface area contributed by atoms with Crippen LogP contribution in [0.1, 0.15) is 19.8 Å². The second-order valence-electron chi connectivity index (χ2n) is 1.72. The average molecular weight is 180 g/mol. The number of rotatable bonds is 0. The second kappa shape index (κ2) is 7.44. The first kappa shape index (κ1) is 8.44. The van der Waals surface area contributed by atoms with Gasteiger partial charge >= 0.3 is 0 Å². The van der Waals surface area contributed by atoms with Crippen molar-refractivity contribution < 1.29 is 0 Å². The summed E-state index contributed by atoms with van der Waals surface area (Å²) in [6.07, 6.45) is 2.78. The maximum Gasteiger partial charge on any atom is 0.000281 e. The minimum atomic E-state index is 1.06. The summed E-state index contributed by atoms with van der Waals surface area (Å²) in [4.78, 5) is 0. The molecule has 0 atom stereocenters. The molecule has 0 aromatic carbocycles. The van der Waals surface area contributed by atoms with E-state index in [1.165, 1.54) is 25.9 Å². The Morgan fingerprint density at radius 3 is 1.88 bits per heavy atom. The molecule has 0 bridgehead atoms. The Morgan fingerprint density at radius 1 is 1.38 bits per heavy atom. The van der Waals surface area contributed by atoms with E-state index in [4.69, 9.17) is 0 Å². The Labute approximate surface area is 60.0 Å². The molecule has 1 aliphatic rings. The van der Waals surface area contributed by atoms with Crippen molar-refractivity contribution in [3.8, 4) is 0 Å². The normalized spacial score (nSPS) is 17.2. The van der Waals surface area contributed by atoms with E-state index in [2.05, 4.69) is 21.2 Å². The summed E-state index contributed by atoms with van der Waals surface area (Å²) in [6, 6.07) is 0. The van der Waals surface area contributed by atoms with Gasteiger partial charge in [0, 0.05) is 5.33 Å². The summed E-state index contributed by atoms with van der Waals surface area (Å²) >= 11 is 3.15. The van der Waals surface area contributed by atoms with Crippen LogP contribution in [0.25, 0.3) is 0 Å². The largest absolute Gasteiger partial charge is 0.317 e. The van der Waals surface area contributed by atoms with Crippen LogP contribution in [0, 0.1) is 0 Å². The highest BCUT2D eigenvalue weighted by Crippen LogP contribution is 1.90. The summed E-state index contributed by atoms with van der Waals surface area (Å²) < 4.78 is 0. The molecule has 2 heteroatoms. The van der Waals surface area contributed by atoms with E-state index in [-0.39, 0.29) is 0 Å². The van der Waals surface area contributed by atoms with Crippen LogP contribution in [-0.2, 0) is 0 Å². The van der Waals surface area contributed by atoms with Gasteiger partial charge in [0.15, 0.2) is 0 Å². The molecule has 1 saturated heterocycles. The lowest BCUT2D eigenvalue weighted by atomic mass is 10.4. The van der Waals surface area contributed by atoms with Crippen LogP contribution < -0.4 is 5.32 Å². The number of hydrogen-bond acceptors (Lipinski definition) is 1. The van der Waals surface area contributed by atoms with Gasteiger partial charge in [0.25, 0.3) is 0 Å². The van der Waals surface area contributed by atoms with E-state index < -0.39 is 0 Å². The van der Waals surface area contributed by atoms with Crippen LogP contribution in [0.5, 0.6) is 0 Å². The topological polar surface area (TPSA) is 12.0 Å². The molecule has 0 radical (unpaired) electrons. The zero-order chi connectivity index (χ0) is 6.24.